The second-order valence-electron chi connectivity index (χ2n) is 5.47. The third-order valence-corrected chi connectivity index (χ3v) is 4.61. The second-order valence-corrected chi connectivity index (χ2v) is 6.29. The molecule has 0 saturated heterocycles. The molecule has 0 aromatic heterocycles. The Kier molecular flexibility index (Phi) is 6.41. The van der Waals surface area contributed by atoms with Gasteiger partial charge in [-0.05, 0) is 62.8 Å². The van der Waals surface area contributed by atoms with Gasteiger partial charge in [-0.25, -0.2) is 0 Å². The van der Waals surface area contributed by atoms with Crippen LogP contribution in [0.3, 0.4) is 0 Å². The van der Waals surface area contributed by atoms with Crippen LogP contribution in [0.2, 0.25) is 10.0 Å². The van der Waals surface area contributed by atoms with E-state index in [-0.39, 0.29) is 0 Å². The summed E-state index contributed by atoms with van der Waals surface area (Å²) in [5.41, 5.74) is 2.66. The van der Waals surface area contributed by atoms with E-state index in [1.54, 1.807) is 5.57 Å². The van der Waals surface area contributed by atoms with Gasteiger partial charge in [0.1, 0.15) is 0 Å². The molecule has 1 nitrogen and oxygen atoms in total. The molecular formula is C17H23Cl2N. The number of halogens is 2. The molecule has 1 aliphatic rings. The van der Waals surface area contributed by atoms with E-state index in [1.165, 1.54) is 25.7 Å². The van der Waals surface area contributed by atoms with Crippen LogP contribution in [0.25, 0.3) is 0 Å². The number of allylic oxidation sites excluding steroid dienone is 1. The van der Waals surface area contributed by atoms with Crippen LogP contribution < -0.4 is 5.32 Å². The van der Waals surface area contributed by atoms with Crippen molar-refractivity contribution in [1.82, 2.24) is 5.32 Å². The van der Waals surface area contributed by atoms with Crippen LogP contribution in [0.1, 0.15) is 44.6 Å². The molecule has 0 radical (unpaired) electrons. The third kappa shape index (κ3) is 4.51. The maximum Gasteiger partial charge on any atom is 0.0453 e. The molecular weight excluding hydrogens is 289 g/mol. The Morgan fingerprint density at radius 1 is 1.15 bits per heavy atom. The van der Waals surface area contributed by atoms with Gasteiger partial charge in [-0.1, -0.05) is 47.8 Å². The molecule has 0 heterocycles. The predicted octanol–water partition coefficient (Wildman–Crippen LogP) is 5.40. The highest BCUT2D eigenvalue weighted by Gasteiger charge is 2.16. The summed E-state index contributed by atoms with van der Waals surface area (Å²) in [6.07, 6.45) is 9.57. The van der Waals surface area contributed by atoms with Crippen molar-refractivity contribution in [2.75, 3.05) is 6.54 Å². The summed E-state index contributed by atoms with van der Waals surface area (Å²) in [4.78, 5) is 0. The first-order chi connectivity index (χ1) is 9.70. The number of rotatable bonds is 6. The minimum atomic E-state index is 0.418. The van der Waals surface area contributed by atoms with Gasteiger partial charge < -0.3 is 5.32 Å². The van der Waals surface area contributed by atoms with Crippen molar-refractivity contribution in [2.45, 2.75) is 51.5 Å². The fraction of sp³-hybridized carbons (Fsp3) is 0.529. The zero-order valence-corrected chi connectivity index (χ0v) is 13.6. The number of hydrogen-bond donors (Lipinski definition) is 1. The summed E-state index contributed by atoms with van der Waals surface area (Å²) in [6.45, 7) is 3.12. The highest BCUT2D eigenvalue weighted by Crippen LogP contribution is 2.28. The van der Waals surface area contributed by atoms with Gasteiger partial charge in [-0.3, -0.25) is 0 Å². The van der Waals surface area contributed by atoms with E-state index in [4.69, 9.17) is 23.2 Å². The summed E-state index contributed by atoms with van der Waals surface area (Å²) in [5, 5.41) is 5.13. The van der Waals surface area contributed by atoms with E-state index in [0.29, 0.717) is 6.04 Å². The molecule has 0 amide bonds. The average Bonchev–Trinajstić information content (AvgIpc) is 2.44. The molecule has 0 fully saturated rings. The van der Waals surface area contributed by atoms with Crippen LogP contribution in [0, 0.1) is 0 Å². The monoisotopic (exact) mass is 311 g/mol. The molecule has 1 unspecified atom stereocenters. The van der Waals surface area contributed by atoms with Gasteiger partial charge in [0.25, 0.3) is 0 Å². The van der Waals surface area contributed by atoms with Crippen LogP contribution in [-0.2, 0) is 6.42 Å². The summed E-state index contributed by atoms with van der Waals surface area (Å²) >= 11 is 12.6. The van der Waals surface area contributed by atoms with Gasteiger partial charge in [0, 0.05) is 16.1 Å². The topological polar surface area (TPSA) is 12.0 Å². The van der Waals surface area contributed by atoms with Gasteiger partial charge in [0.15, 0.2) is 0 Å². The molecule has 1 aromatic carbocycles. The van der Waals surface area contributed by atoms with Crippen molar-refractivity contribution in [2.24, 2.45) is 0 Å². The van der Waals surface area contributed by atoms with Crippen LogP contribution >= 0.6 is 23.2 Å². The Bertz CT molecular complexity index is 448. The summed E-state index contributed by atoms with van der Waals surface area (Å²) in [6, 6.07) is 6.17. The maximum atomic E-state index is 6.29. The van der Waals surface area contributed by atoms with Gasteiger partial charge in [0.2, 0.25) is 0 Å². The molecule has 110 valence electrons. The Balaban J connectivity index is 2.06. The van der Waals surface area contributed by atoms with Crippen molar-refractivity contribution >= 4 is 23.2 Å². The lowest BCUT2D eigenvalue weighted by Gasteiger charge is -2.22. The van der Waals surface area contributed by atoms with E-state index in [0.717, 1.165) is 35.0 Å². The smallest absolute Gasteiger partial charge is 0.0453 e. The lowest BCUT2D eigenvalue weighted by Crippen LogP contribution is -2.31. The first kappa shape index (κ1) is 15.9. The largest absolute Gasteiger partial charge is 0.314 e. The minimum Gasteiger partial charge on any atom is -0.314 e. The normalized spacial score (nSPS) is 16.9. The van der Waals surface area contributed by atoms with Crippen molar-refractivity contribution in [3.8, 4) is 0 Å². The lowest BCUT2D eigenvalue weighted by molar-refractivity contribution is 0.504. The SMILES string of the molecule is CCNC(CC1=CCCCC1)Cc1c(Cl)cccc1Cl. The fourth-order valence-electron chi connectivity index (χ4n) is 2.89. The highest BCUT2D eigenvalue weighted by molar-refractivity contribution is 6.36. The van der Waals surface area contributed by atoms with E-state index in [9.17, 15) is 0 Å². The quantitative estimate of drug-likeness (QED) is 0.693. The van der Waals surface area contributed by atoms with E-state index >= 15 is 0 Å². The van der Waals surface area contributed by atoms with Gasteiger partial charge in [-0.2, -0.15) is 0 Å². The standard InChI is InChI=1S/C17H23Cl2N/c1-2-20-14(11-13-7-4-3-5-8-13)12-15-16(18)9-6-10-17(15)19/h6-7,9-10,14,20H,2-5,8,11-12H2,1H3. The molecule has 0 bridgehead atoms. The molecule has 0 saturated carbocycles. The molecule has 1 aromatic rings. The zero-order chi connectivity index (χ0) is 14.4. The number of nitrogens with one attached hydrogen (secondary N) is 1. The van der Waals surface area contributed by atoms with Crippen LogP contribution in [0.15, 0.2) is 29.8 Å². The van der Waals surface area contributed by atoms with E-state index in [1.807, 2.05) is 18.2 Å². The van der Waals surface area contributed by atoms with E-state index in [2.05, 4.69) is 18.3 Å². The molecule has 0 spiro atoms. The summed E-state index contributed by atoms with van der Waals surface area (Å²) in [5.74, 6) is 0. The summed E-state index contributed by atoms with van der Waals surface area (Å²) < 4.78 is 0. The van der Waals surface area contributed by atoms with Gasteiger partial charge in [0.05, 0.1) is 0 Å². The molecule has 2 rings (SSSR count). The second kappa shape index (κ2) is 8.07. The lowest BCUT2D eigenvalue weighted by atomic mass is 9.92. The maximum absolute atomic E-state index is 6.29. The molecule has 1 atom stereocenters. The molecule has 20 heavy (non-hydrogen) atoms. The Morgan fingerprint density at radius 3 is 2.50 bits per heavy atom. The minimum absolute atomic E-state index is 0.418. The summed E-state index contributed by atoms with van der Waals surface area (Å²) in [7, 11) is 0. The number of likely N-dealkylation sites (N-methyl/N-ethyl adjacent to an activating group) is 1. The average molecular weight is 312 g/mol. The predicted molar refractivity (Wildman–Crippen MR) is 88.8 cm³/mol. The Labute approximate surface area is 132 Å². The van der Waals surface area contributed by atoms with Crippen molar-refractivity contribution in [1.29, 1.82) is 0 Å². The first-order valence-electron chi connectivity index (χ1n) is 7.55. The van der Waals surface area contributed by atoms with Crippen LogP contribution in [-0.4, -0.2) is 12.6 Å². The molecule has 1 N–H and O–H groups in total. The first-order valence-corrected chi connectivity index (χ1v) is 8.30. The van der Waals surface area contributed by atoms with Gasteiger partial charge in [-0.15, -0.1) is 0 Å². The fourth-order valence-corrected chi connectivity index (χ4v) is 3.44. The molecule has 1 aliphatic carbocycles. The van der Waals surface area contributed by atoms with Crippen molar-refractivity contribution in [3.05, 3.63) is 45.5 Å². The Hall–Kier alpha value is -0.500. The van der Waals surface area contributed by atoms with Crippen molar-refractivity contribution in [3.63, 3.8) is 0 Å². The Morgan fingerprint density at radius 2 is 1.90 bits per heavy atom. The van der Waals surface area contributed by atoms with E-state index < -0.39 is 0 Å². The number of benzene rings is 1. The third-order valence-electron chi connectivity index (χ3n) is 3.90. The number of hydrogen-bond acceptors (Lipinski definition) is 1. The van der Waals surface area contributed by atoms with Crippen molar-refractivity contribution < 1.29 is 0 Å². The van der Waals surface area contributed by atoms with Gasteiger partial charge >= 0.3 is 0 Å². The van der Waals surface area contributed by atoms with Crippen LogP contribution in [0.4, 0.5) is 0 Å². The zero-order valence-electron chi connectivity index (χ0n) is 12.1. The molecule has 0 aliphatic heterocycles. The van der Waals surface area contributed by atoms with Crippen LogP contribution in [0.5, 0.6) is 0 Å². The highest BCUT2D eigenvalue weighted by atomic mass is 35.5. The molecule has 3 heteroatoms.